The van der Waals surface area contributed by atoms with Crippen LogP contribution in [0.3, 0.4) is 0 Å². The fourth-order valence-corrected chi connectivity index (χ4v) is 4.47. The topological polar surface area (TPSA) is 65.6 Å². The fraction of sp³-hybridized carbons (Fsp3) is 0.160. The van der Waals surface area contributed by atoms with Crippen molar-refractivity contribution in [1.29, 1.82) is 0 Å². The Bertz CT molecular complexity index is 1240. The molecule has 0 saturated carbocycles. The summed E-state index contributed by atoms with van der Waals surface area (Å²) >= 11 is 0. The van der Waals surface area contributed by atoms with Gasteiger partial charge in [0.2, 0.25) is 0 Å². The summed E-state index contributed by atoms with van der Waals surface area (Å²) in [5.74, 6) is 0.721. The number of amides is 1. The molecular weight excluding hydrogens is 376 g/mol. The summed E-state index contributed by atoms with van der Waals surface area (Å²) in [5, 5.41) is 10.8. The van der Waals surface area contributed by atoms with Crippen molar-refractivity contribution in [2.24, 2.45) is 0 Å². The first-order valence-electron chi connectivity index (χ1n) is 9.98. The van der Waals surface area contributed by atoms with Gasteiger partial charge in [-0.1, -0.05) is 48.5 Å². The number of β-amino-alcohol motifs (C(OH)–C–C–N with tert-alkyl or cyclic N) is 1. The summed E-state index contributed by atoms with van der Waals surface area (Å²) < 4.78 is 5.44. The van der Waals surface area contributed by atoms with Gasteiger partial charge in [0.25, 0.3) is 5.91 Å². The maximum absolute atomic E-state index is 13.2. The zero-order chi connectivity index (χ0) is 20.7. The number of nitrogens with one attached hydrogen (secondary N) is 1. The van der Waals surface area contributed by atoms with E-state index >= 15 is 0 Å². The number of carbonyl (C=O) groups is 1. The Kier molecular flexibility index (Phi) is 4.52. The Labute approximate surface area is 174 Å². The molecule has 2 heterocycles. The quantitative estimate of drug-likeness (QED) is 0.524. The number of rotatable bonds is 5. The number of aliphatic hydroxyl groups is 1. The van der Waals surface area contributed by atoms with Crippen LogP contribution in [0.5, 0.6) is 5.75 Å². The van der Waals surface area contributed by atoms with Crippen LogP contribution >= 0.6 is 0 Å². The van der Waals surface area contributed by atoms with Gasteiger partial charge in [-0.15, -0.1) is 0 Å². The largest absolute Gasteiger partial charge is 0.497 e. The monoisotopic (exact) mass is 398 g/mol. The second-order valence-electron chi connectivity index (χ2n) is 7.40. The Balaban J connectivity index is 1.80. The molecule has 5 rings (SSSR count). The number of aromatic amines is 1. The molecule has 0 aliphatic carbocycles. The number of benzene rings is 3. The van der Waals surface area contributed by atoms with Crippen molar-refractivity contribution >= 4 is 16.8 Å². The number of hydrogen-bond acceptors (Lipinski definition) is 3. The maximum Gasteiger partial charge on any atom is 0.255 e. The Morgan fingerprint density at radius 2 is 1.83 bits per heavy atom. The molecule has 1 amide bonds. The lowest BCUT2D eigenvalue weighted by molar-refractivity contribution is 0.0713. The predicted octanol–water partition coefficient (Wildman–Crippen LogP) is 4.38. The molecule has 0 bridgehead atoms. The zero-order valence-corrected chi connectivity index (χ0v) is 16.6. The van der Waals surface area contributed by atoms with Crippen molar-refractivity contribution in [3.63, 3.8) is 0 Å². The average Bonchev–Trinajstić information content (AvgIpc) is 3.30. The second kappa shape index (κ2) is 7.35. The molecule has 0 radical (unpaired) electrons. The van der Waals surface area contributed by atoms with Crippen LogP contribution in [0.25, 0.3) is 22.2 Å². The van der Waals surface area contributed by atoms with Crippen LogP contribution in [0.4, 0.5) is 0 Å². The highest BCUT2D eigenvalue weighted by Crippen LogP contribution is 2.45. The summed E-state index contributed by atoms with van der Waals surface area (Å²) in [7, 11) is 1.65. The SMILES string of the molecule is COc1cccc(-c2[nH]c3ccccc3c2C2c3ccccc3C(=O)N2CCO)c1. The van der Waals surface area contributed by atoms with E-state index in [1.165, 1.54) is 0 Å². The normalized spacial score (nSPS) is 15.6. The molecular formula is C25H22N2O3. The smallest absolute Gasteiger partial charge is 0.255 e. The molecule has 5 nitrogen and oxygen atoms in total. The molecule has 1 atom stereocenters. The van der Waals surface area contributed by atoms with Gasteiger partial charge in [0.1, 0.15) is 5.75 Å². The third kappa shape index (κ3) is 2.78. The standard InChI is InChI=1S/C25H22N2O3/c1-30-17-8-6-7-16(15-17)23-22(20-11-4-5-12-21(20)26-23)24-18-9-2-3-10-19(18)25(29)27(24)13-14-28/h2-12,15,24,26,28H,13-14H2,1H3. The first kappa shape index (κ1) is 18.5. The molecule has 150 valence electrons. The molecule has 30 heavy (non-hydrogen) atoms. The van der Waals surface area contributed by atoms with E-state index in [0.29, 0.717) is 5.56 Å². The summed E-state index contributed by atoms with van der Waals surface area (Å²) in [6.45, 7) is 0.183. The van der Waals surface area contributed by atoms with Crippen molar-refractivity contribution in [3.8, 4) is 17.0 Å². The summed E-state index contributed by atoms with van der Waals surface area (Å²) in [4.78, 5) is 18.5. The molecule has 0 fully saturated rings. The minimum atomic E-state index is -0.279. The molecule has 1 unspecified atom stereocenters. The molecule has 2 N–H and O–H groups in total. The first-order valence-corrected chi connectivity index (χ1v) is 9.98. The van der Waals surface area contributed by atoms with Crippen molar-refractivity contribution in [1.82, 2.24) is 9.88 Å². The number of aromatic nitrogens is 1. The number of aliphatic hydroxyl groups excluding tert-OH is 1. The van der Waals surface area contributed by atoms with Crippen LogP contribution in [0, 0.1) is 0 Å². The third-order valence-corrected chi connectivity index (χ3v) is 5.78. The lowest BCUT2D eigenvalue weighted by Crippen LogP contribution is -2.31. The minimum absolute atomic E-state index is 0.0495. The van der Waals surface area contributed by atoms with E-state index in [1.807, 2.05) is 66.7 Å². The summed E-state index contributed by atoms with van der Waals surface area (Å²) in [6, 6.07) is 23.5. The number of carbonyl (C=O) groups excluding carboxylic acids is 1. The second-order valence-corrected chi connectivity index (χ2v) is 7.40. The van der Waals surface area contributed by atoms with Crippen molar-refractivity contribution < 1.29 is 14.6 Å². The molecule has 1 aromatic heterocycles. The number of methoxy groups -OCH3 is 1. The van der Waals surface area contributed by atoms with Crippen molar-refractivity contribution in [2.45, 2.75) is 6.04 Å². The first-order chi connectivity index (χ1) is 14.7. The highest BCUT2D eigenvalue weighted by atomic mass is 16.5. The maximum atomic E-state index is 13.2. The van der Waals surface area contributed by atoms with Gasteiger partial charge >= 0.3 is 0 Å². The van der Waals surface area contributed by atoms with E-state index < -0.39 is 0 Å². The van der Waals surface area contributed by atoms with Crippen LogP contribution in [0.15, 0.2) is 72.8 Å². The van der Waals surface area contributed by atoms with Gasteiger partial charge in [0.15, 0.2) is 0 Å². The van der Waals surface area contributed by atoms with Crippen LogP contribution in [0.1, 0.15) is 27.5 Å². The van der Waals surface area contributed by atoms with Gasteiger partial charge < -0.3 is 19.7 Å². The highest BCUT2D eigenvalue weighted by molar-refractivity contribution is 6.02. The van der Waals surface area contributed by atoms with Gasteiger partial charge in [0.05, 0.1) is 25.5 Å². The fourth-order valence-electron chi connectivity index (χ4n) is 4.47. The Hall–Kier alpha value is -3.57. The number of ether oxygens (including phenoxy) is 1. The third-order valence-electron chi connectivity index (χ3n) is 5.78. The van der Waals surface area contributed by atoms with Crippen LogP contribution < -0.4 is 4.74 Å². The predicted molar refractivity (Wildman–Crippen MR) is 117 cm³/mol. The Morgan fingerprint density at radius 3 is 2.67 bits per heavy atom. The summed E-state index contributed by atoms with van der Waals surface area (Å²) in [6.07, 6.45) is 0. The van der Waals surface area contributed by atoms with Gasteiger partial charge in [-0.05, 0) is 29.8 Å². The number of para-hydroxylation sites is 1. The van der Waals surface area contributed by atoms with Crippen LogP contribution in [-0.4, -0.2) is 41.2 Å². The van der Waals surface area contributed by atoms with E-state index in [1.54, 1.807) is 12.0 Å². The molecule has 5 heteroatoms. The van der Waals surface area contributed by atoms with E-state index in [-0.39, 0.29) is 25.1 Å². The van der Waals surface area contributed by atoms with E-state index in [2.05, 4.69) is 11.1 Å². The lowest BCUT2D eigenvalue weighted by Gasteiger charge is -2.26. The number of hydrogen-bond donors (Lipinski definition) is 2. The minimum Gasteiger partial charge on any atom is -0.497 e. The van der Waals surface area contributed by atoms with Crippen LogP contribution in [-0.2, 0) is 0 Å². The highest BCUT2D eigenvalue weighted by Gasteiger charge is 2.39. The molecule has 0 saturated heterocycles. The lowest BCUT2D eigenvalue weighted by atomic mass is 9.93. The van der Waals surface area contributed by atoms with E-state index in [9.17, 15) is 9.90 Å². The molecule has 1 aliphatic heterocycles. The van der Waals surface area contributed by atoms with Gasteiger partial charge in [-0.2, -0.15) is 0 Å². The van der Waals surface area contributed by atoms with E-state index in [0.717, 1.165) is 39.0 Å². The summed E-state index contributed by atoms with van der Waals surface area (Å²) in [5.41, 5.74) is 5.63. The number of H-pyrrole nitrogens is 1. The molecule has 3 aromatic carbocycles. The van der Waals surface area contributed by atoms with Gasteiger partial charge in [0, 0.05) is 34.1 Å². The molecule has 0 spiro atoms. The number of nitrogens with zero attached hydrogens (tertiary/aromatic N) is 1. The molecule has 4 aromatic rings. The number of fused-ring (bicyclic) bond motifs is 2. The van der Waals surface area contributed by atoms with Gasteiger partial charge in [-0.3, -0.25) is 4.79 Å². The Morgan fingerprint density at radius 1 is 1.03 bits per heavy atom. The van der Waals surface area contributed by atoms with Crippen LogP contribution in [0.2, 0.25) is 0 Å². The zero-order valence-electron chi connectivity index (χ0n) is 16.6. The van der Waals surface area contributed by atoms with Crippen molar-refractivity contribution in [2.75, 3.05) is 20.3 Å². The van der Waals surface area contributed by atoms with Gasteiger partial charge in [-0.25, -0.2) is 0 Å². The molecule has 1 aliphatic rings. The van der Waals surface area contributed by atoms with Crippen molar-refractivity contribution in [3.05, 3.63) is 89.5 Å². The van der Waals surface area contributed by atoms with E-state index in [4.69, 9.17) is 4.74 Å². The average molecular weight is 398 g/mol.